The van der Waals surface area contributed by atoms with Gasteiger partial charge in [0.2, 0.25) is 11.8 Å². The van der Waals surface area contributed by atoms with Crippen LogP contribution in [0.5, 0.6) is 0 Å². The molecule has 0 aliphatic heterocycles. The van der Waals surface area contributed by atoms with Gasteiger partial charge in [-0.2, -0.15) is 0 Å². The van der Waals surface area contributed by atoms with E-state index in [0.717, 1.165) is 36.7 Å². The Balaban J connectivity index is 1.65. The van der Waals surface area contributed by atoms with Gasteiger partial charge in [-0.3, -0.25) is 14.4 Å². The lowest BCUT2D eigenvalue weighted by Gasteiger charge is -2.04. The molecule has 156 valence electrons. The molecule has 0 aliphatic carbocycles. The van der Waals surface area contributed by atoms with Crippen LogP contribution >= 0.6 is 23.1 Å². The average Bonchev–Trinajstić information content (AvgIpc) is 3.13. The zero-order chi connectivity index (χ0) is 21.2. The quantitative estimate of drug-likeness (QED) is 0.545. The summed E-state index contributed by atoms with van der Waals surface area (Å²) in [6.07, 6.45) is 2.48. The fourth-order valence-electron chi connectivity index (χ4n) is 2.33. The Morgan fingerprint density at radius 3 is 2.62 bits per heavy atom. The van der Waals surface area contributed by atoms with Crippen LogP contribution in [0.1, 0.15) is 32.6 Å². The van der Waals surface area contributed by atoms with E-state index < -0.39 is 11.6 Å². The molecule has 0 unspecified atom stereocenters. The molecule has 0 aliphatic rings. The molecular formula is C19H21F2N3O3S2. The van der Waals surface area contributed by atoms with Crippen LogP contribution in [0.25, 0.3) is 11.3 Å². The number of thioether (sulfide) groups is 1. The summed E-state index contributed by atoms with van der Waals surface area (Å²) in [5.74, 6) is -2.11. The molecule has 2 aromatic rings. The molecule has 10 heteroatoms. The van der Waals surface area contributed by atoms with Crippen molar-refractivity contribution in [3.63, 3.8) is 0 Å². The number of nitrogens with one attached hydrogen (secondary N) is 2. The van der Waals surface area contributed by atoms with Crippen molar-refractivity contribution in [1.29, 1.82) is 0 Å². The van der Waals surface area contributed by atoms with Gasteiger partial charge in [0.05, 0.1) is 11.4 Å². The molecule has 0 atom stereocenters. The molecule has 2 rings (SSSR count). The van der Waals surface area contributed by atoms with Crippen molar-refractivity contribution in [1.82, 2.24) is 10.3 Å². The third kappa shape index (κ3) is 8.28. The predicted molar refractivity (Wildman–Crippen MR) is 111 cm³/mol. The van der Waals surface area contributed by atoms with Crippen LogP contribution in [-0.4, -0.2) is 34.2 Å². The number of nitrogens with zero attached hydrogens (tertiary/aromatic N) is 1. The fraction of sp³-hybridized carbons (Fsp3) is 0.368. The molecule has 2 amide bonds. The number of benzene rings is 1. The van der Waals surface area contributed by atoms with Gasteiger partial charge in [0.15, 0.2) is 21.9 Å². The Morgan fingerprint density at radius 2 is 1.90 bits per heavy atom. The zero-order valence-electron chi connectivity index (χ0n) is 15.8. The summed E-state index contributed by atoms with van der Waals surface area (Å²) in [4.78, 5) is 38.4. The third-order valence-electron chi connectivity index (χ3n) is 3.78. The number of carbonyl (C=O) groups is 3. The first-order valence-electron chi connectivity index (χ1n) is 8.96. The van der Waals surface area contributed by atoms with Crippen molar-refractivity contribution in [3.05, 3.63) is 35.2 Å². The molecule has 0 bridgehead atoms. The number of aromatic nitrogens is 1. The lowest BCUT2D eigenvalue weighted by Crippen LogP contribution is -2.26. The van der Waals surface area contributed by atoms with Gasteiger partial charge in [0, 0.05) is 30.8 Å². The van der Waals surface area contributed by atoms with Crippen LogP contribution in [0.4, 0.5) is 13.9 Å². The molecule has 1 aromatic heterocycles. The lowest BCUT2D eigenvalue weighted by atomic mass is 10.2. The first-order chi connectivity index (χ1) is 13.8. The average molecular weight is 442 g/mol. The Labute approximate surface area is 175 Å². The van der Waals surface area contributed by atoms with E-state index in [1.54, 1.807) is 5.38 Å². The largest absolute Gasteiger partial charge is 0.355 e. The van der Waals surface area contributed by atoms with Gasteiger partial charge in [-0.25, -0.2) is 13.8 Å². The van der Waals surface area contributed by atoms with E-state index in [0.29, 0.717) is 35.8 Å². The molecule has 0 saturated heterocycles. The Kier molecular flexibility index (Phi) is 9.20. The first-order valence-corrected chi connectivity index (χ1v) is 10.8. The van der Waals surface area contributed by atoms with E-state index >= 15 is 0 Å². The van der Waals surface area contributed by atoms with Crippen molar-refractivity contribution in [2.75, 3.05) is 17.6 Å². The van der Waals surface area contributed by atoms with Gasteiger partial charge in [-0.1, -0.05) is 18.2 Å². The van der Waals surface area contributed by atoms with E-state index in [1.807, 2.05) is 0 Å². The second-order valence-electron chi connectivity index (χ2n) is 6.16. The van der Waals surface area contributed by atoms with Gasteiger partial charge < -0.3 is 10.6 Å². The minimum absolute atomic E-state index is 0.0941. The summed E-state index contributed by atoms with van der Waals surface area (Å²) in [6, 6.07) is 3.52. The van der Waals surface area contributed by atoms with Gasteiger partial charge in [-0.15, -0.1) is 11.3 Å². The van der Waals surface area contributed by atoms with Crippen molar-refractivity contribution in [3.8, 4) is 11.3 Å². The second kappa shape index (κ2) is 11.6. The maximum atomic E-state index is 13.3. The van der Waals surface area contributed by atoms with E-state index in [-0.39, 0.29) is 22.7 Å². The van der Waals surface area contributed by atoms with Crippen LogP contribution in [0.2, 0.25) is 0 Å². The van der Waals surface area contributed by atoms with E-state index in [9.17, 15) is 23.2 Å². The monoisotopic (exact) mass is 441 g/mol. The SMILES string of the molecule is CC(=O)SCC(=O)NCCCCCC(=O)Nc1nc(-c2ccc(F)c(F)c2)cs1. The molecule has 0 saturated carbocycles. The minimum Gasteiger partial charge on any atom is -0.355 e. The summed E-state index contributed by atoms with van der Waals surface area (Å²) < 4.78 is 26.3. The van der Waals surface area contributed by atoms with Crippen molar-refractivity contribution < 1.29 is 23.2 Å². The first kappa shape index (κ1) is 23.0. The van der Waals surface area contributed by atoms with Crippen molar-refractivity contribution in [2.24, 2.45) is 0 Å². The number of rotatable bonds is 10. The number of carbonyl (C=O) groups excluding carboxylic acids is 3. The Bertz CT molecular complexity index is 874. The van der Waals surface area contributed by atoms with E-state index in [1.165, 1.54) is 24.3 Å². The van der Waals surface area contributed by atoms with Crippen LogP contribution < -0.4 is 10.6 Å². The number of halogens is 2. The van der Waals surface area contributed by atoms with Crippen molar-refractivity contribution in [2.45, 2.75) is 32.6 Å². The molecule has 2 N–H and O–H groups in total. The number of unbranched alkanes of at least 4 members (excludes halogenated alkanes) is 2. The molecule has 0 radical (unpaired) electrons. The van der Waals surface area contributed by atoms with Crippen molar-refractivity contribution >= 4 is 45.2 Å². The molecule has 1 heterocycles. The summed E-state index contributed by atoms with van der Waals surface area (Å²) in [6.45, 7) is 1.92. The van der Waals surface area contributed by atoms with Crippen LogP contribution in [-0.2, 0) is 14.4 Å². The smallest absolute Gasteiger partial charge is 0.230 e. The third-order valence-corrected chi connectivity index (χ3v) is 5.35. The highest BCUT2D eigenvalue weighted by Crippen LogP contribution is 2.26. The van der Waals surface area contributed by atoms with E-state index in [4.69, 9.17) is 0 Å². The second-order valence-corrected chi connectivity index (χ2v) is 8.17. The molecule has 29 heavy (non-hydrogen) atoms. The molecule has 6 nitrogen and oxygen atoms in total. The number of anilines is 1. The van der Waals surface area contributed by atoms with E-state index in [2.05, 4.69) is 15.6 Å². The summed E-state index contributed by atoms with van der Waals surface area (Å²) in [5.41, 5.74) is 0.896. The zero-order valence-corrected chi connectivity index (χ0v) is 17.4. The van der Waals surface area contributed by atoms with Gasteiger partial charge in [0.1, 0.15) is 0 Å². The molecule has 1 aromatic carbocycles. The maximum Gasteiger partial charge on any atom is 0.230 e. The molecular weight excluding hydrogens is 420 g/mol. The highest BCUT2D eigenvalue weighted by Gasteiger charge is 2.10. The number of amides is 2. The predicted octanol–water partition coefficient (Wildman–Crippen LogP) is 3.98. The van der Waals surface area contributed by atoms with Crippen LogP contribution in [0.3, 0.4) is 0 Å². The maximum absolute atomic E-state index is 13.3. The highest BCUT2D eigenvalue weighted by molar-refractivity contribution is 8.14. The van der Waals surface area contributed by atoms with Gasteiger partial charge >= 0.3 is 0 Å². The van der Waals surface area contributed by atoms with Crippen LogP contribution in [0.15, 0.2) is 23.6 Å². The Morgan fingerprint density at radius 1 is 1.10 bits per heavy atom. The topological polar surface area (TPSA) is 88.2 Å². The summed E-state index contributed by atoms with van der Waals surface area (Å²) in [7, 11) is 0. The highest BCUT2D eigenvalue weighted by atomic mass is 32.2. The normalized spacial score (nSPS) is 10.6. The molecule has 0 spiro atoms. The minimum atomic E-state index is -0.949. The molecule has 0 fully saturated rings. The standard InChI is InChI=1S/C19H21F2N3O3S2/c1-12(25)28-11-18(27)22-8-4-2-3-5-17(26)24-19-23-16(10-29-19)13-6-7-14(20)15(21)9-13/h6-7,9-10H,2-5,8,11H2,1H3,(H,22,27)(H,23,24,26). The number of hydrogen-bond donors (Lipinski definition) is 2. The number of thiazole rings is 1. The summed E-state index contributed by atoms with van der Waals surface area (Å²) in [5, 5.41) is 7.37. The van der Waals surface area contributed by atoms with Crippen LogP contribution in [0, 0.1) is 11.6 Å². The van der Waals surface area contributed by atoms with Gasteiger partial charge in [0.25, 0.3) is 0 Å². The summed E-state index contributed by atoms with van der Waals surface area (Å²) >= 11 is 2.18. The number of hydrogen-bond acceptors (Lipinski definition) is 6. The fourth-order valence-corrected chi connectivity index (χ4v) is 3.51. The lowest BCUT2D eigenvalue weighted by molar-refractivity contribution is -0.119. The van der Waals surface area contributed by atoms with Gasteiger partial charge in [-0.05, 0) is 31.0 Å². The Hall–Kier alpha value is -2.33.